The molecule has 0 aliphatic rings. The molecule has 0 unspecified atom stereocenters. The van der Waals surface area contributed by atoms with Crippen molar-refractivity contribution < 1.29 is 9.47 Å². The Morgan fingerprint density at radius 3 is 2.72 bits per heavy atom. The van der Waals surface area contributed by atoms with Crippen molar-refractivity contribution in [1.29, 1.82) is 0 Å². The third kappa shape index (κ3) is 3.99. The maximum Gasteiger partial charge on any atom is 0.221 e. The molecule has 1 rings (SSSR count). The Balaban J connectivity index is 2.92. The highest BCUT2D eigenvalue weighted by atomic mass is 35.5. The van der Waals surface area contributed by atoms with Crippen LogP contribution in [0.1, 0.15) is 12.5 Å². The van der Waals surface area contributed by atoms with E-state index in [2.05, 4.69) is 14.9 Å². The van der Waals surface area contributed by atoms with Crippen LogP contribution in [0.25, 0.3) is 0 Å². The van der Waals surface area contributed by atoms with E-state index in [-0.39, 0.29) is 0 Å². The van der Waals surface area contributed by atoms with Crippen LogP contribution in [0.5, 0.6) is 5.88 Å². The molecule has 0 aliphatic carbocycles. The highest BCUT2D eigenvalue weighted by Crippen LogP contribution is 2.23. The number of aromatic nitrogens is 2. The molecule has 0 aliphatic heterocycles. The molecule has 0 atom stereocenters. The average Bonchev–Trinajstić information content (AvgIpc) is 2.38. The quantitative estimate of drug-likeness (QED) is 0.677. The van der Waals surface area contributed by atoms with Gasteiger partial charge in [-0.15, -0.1) is 11.6 Å². The van der Waals surface area contributed by atoms with Crippen molar-refractivity contribution in [2.24, 2.45) is 0 Å². The Morgan fingerprint density at radius 2 is 2.11 bits per heavy atom. The van der Waals surface area contributed by atoms with E-state index in [0.29, 0.717) is 31.5 Å². The third-order valence-electron chi connectivity index (χ3n) is 2.51. The molecule has 1 heterocycles. The Morgan fingerprint density at radius 1 is 1.33 bits per heavy atom. The van der Waals surface area contributed by atoms with Crippen molar-refractivity contribution in [3.05, 3.63) is 11.9 Å². The summed E-state index contributed by atoms with van der Waals surface area (Å²) >= 11 is 5.82. The van der Waals surface area contributed by atoms with Crippen LogP contribution in [-0.2, 0) is 4.74 Å². The maximum absolute atomic E-state index is 5.82. The Hall–Kier alpha value is -1.07. The number of ether oxygens (including phenoxy) is 2. The number of nitrogens with zero attached hydrogens (tertiary/aromatic N) is 3. The molecule has 1 aromatic heterocycles. The van der Waals surface area contributed by atoms with Crippen LogP contribution in [0, 0.1) is 6.92 Å². The molecule has 102 valence electrons. The molecule has 0 fully saturated rings. The van der Waals surface area contributed by atoms with Crippen molar-refractivity contribution in [2.45, 2.75) is 13.8 Å². The van der Waals surface area contributed by atoms with Gasteiger partial charge in [-0.1, -0.05) is 0 Å². The van der Waals surface area contributed by atoms with Crippen molar-refractivity contribution in [2.75, 3.05) is 44.2 Å². The van der Waals surface area contributed by atoms with Crippen LogP contribution in [0.3, 0.4) is 0 Å². The topological polar surface area (TPSA) is 47.5 Å². The van der Waals surface area contributed by atoms with Gasteiger partial charge in [-0.2, -0.15) is 0 Å². The van der Waals surface area contributed by atoms with E-state index in [1.54, 1.807) is 7.11 Å². The van der Waals surface area contributed by atoms with Crippen LogP contribution in [0.4, 0.5) is 5.82 Å². The van der Waals surface area contributed by atoms with Gasteiger partial charge < -0.3 is 14.4 Å². The monoisotopic (exact) mass is 273 g/mol. The number of hydrogen-bond donors (Lipinski definition) is 0. The van der Waals surface area contributed by atoms with E-state index in [9.17, 15) is 0 Å². The summed E-state index contributed by atoms with van der Waals surface area (Å²) in [4.78, 5) is 10.5. The zero-order chi connectivity index (χ0) is 13.4. The van der Waals surface area contributed by atoms with Crippen molar-refractivity contribution in [1.82, 2.24) is 9.97 Å². The summed E-state index contributed by atoms with van der Waals surface area (Å²) in [6.07, 6.45) is 1.52. The highest BCUT2D eigenvalue weighted by Gasteiger charge is 2.14. The minimum absolute atomic E-state index is 0.539. The second-order valence-electron chi connectivity index (χ2n) is 3.73. The fourth-order valence-electron chi connectivity index (χ4n) is 1.65. The molecule has 18 heavy (non-hydrogen) atoms. The fourth-order valence-corrected chi connectivity index (χ4v) is 1.86. The summed E-state index contributed by atoms with van der Waals surface area (Å²) in [7, 11) is 1.68. The standard InChI is InChI=1S/C12H20ClN3O2/c1-4-18-12-10(2)11(14-9-15-12)16(6-5-13)7-8-17-3/h9H,4-8H2,1-3H3. The molecule has 0 radical (unpaired) electrons. The van der Waals surface area contributed by atoms with Crippen LogP contribution in [0.15, 0.2) is 6.33 Å². The predicted molar refractivity (Wildman–Crippen MR) is 72.7 cm³/mol. The fraction of sp³-hybridized carbons (Fsp3) is 0.667. The number of methoxy groups -OCH3 is 1. The lowest BCUT2D eigenvalue weighted by Gasteiger charge is -2.24. The molecule has 0 spiro atoms. The lowest BCUT2D eigenvalue weighted by molar-refractivity contribution is 0.205. The minimum Gasteiger partial charge on any atom is -0.478 e. The molecule has 6 heteroatoms. The second kappa shape index (κ2) is 8.11. The zero-order valence-electron chi connectivity index (χ0n) is 11.1. The second-order valence-corrected chi connectivity index (χ2v) is 4.11. The highest BCUT2D eigenvalue weighted by molar-refractivity contribution is 6.18. The number of alkyl halides is 1. The summed E-state index contributed by atoms with van der Waals surface area (Å²) in [5.41, 5.74) is 0.931. The van der Waals surface area contributed by atoms with Gasteiger partial charge in [-0.25, -0.2) is 9.97 Å². The molecule has 5 nitrogen and oxygen atoms in total. The minimum atomic E-state index is 0.539. The number of hydrogen-bond acceptors (Lipinski definition) is 5. The third-order valence-corrected chi connectivity index (χ3v) is 2.68. The van der Waals surface area contributed by atoms with Crippen LogP contribution >= 0.6 is 11.6 Å². The first-order valence-electron chi connectivity index (χ1n) is 5.98. The molecular formula is C12H20ClN3O2. The van der Waals surface area contributed by atoms with Crippen molar-refractivity contribution in [3.63, 3.8) is 0 Å². The molecule has 0 aromatic carbocycles. The summed E-state index contributed by atoms with van der Waals surface area (Å²) < 4.78 is 10.6. The molecular weight excluding hydrogens is 254 g/mol. The zero-order valence-corrected chi connectivity index (χ0v) is 11.9. The SMILES string of the molecule is CCOc1ncnc(N(CCCl)CCOC)c1C. The van der Waals surface area contributed by atoms with Gasteiger partial charge in [0.05, 0.1) is 18.8 Å². The van der Waals surface area contributed by atoms with E-state index in [1.807, 2.05) is 13.8 Å². The molecule has 0 amide bonds. The van der Waals surface area contributed by atoms with Crippen molar-refractivity contribution in [3.8, 4) is 5.88 Å². The van der Waals surface area contributed by atoms with Gasteiger partial charge in [0, 0.05) is 26.1 Å². The summed E-state index contributed by atoms with van der Waals surface area (Å²) in [5, 5.41) is 0. The van der Waals surface area contributed by atoms with Crippen LogP contribution in [0.2, 0.25) is 0 Å². The van der Waals surface area contributed by atoms with Gasteiger partial charge in [-0.3, -0.25) is 0 Å². The average molecular weight is 274 g/mol. The first kappa shape index (κ1) is 15.0. The van der Waals surface area contributed by atoms with Crippen molar-refractivity contribution >= 4 is 17.4 Å². The normalized spacial score (nSPS) is 10.4. The van der Waals surface area contributed by atoms with Gasteiger partial charge in [0.25, 0.3) is 0 Å². The summed E-state index contributed by atoms with van der Waals surface area (Å²) in [6, 6.07) is 0. The first-order chi connectivity index (χ1) is 8.74. The van der Waals surface area contributed by atoms with E-state index < -0.39 is 0 Å². The number of rotatable bonds is 8. The first-order valence-corrected chi connectivity index (χ1v) is 6.52. The van der Waals surface area contributed by atoms with E-state index in [0.717, 1.165) is 17.9 Å². The van der Waals surface area contributed by atoms with E-state index >= 15 is 0 Å². The van der Waals surface area contributed by atoms with Gasteiger partial charge in [0.15, 0.2) is 0 Å². The molecule has 1 aromatic rings. The Bertz CT molecular complexity index is 363. The smallest absolute Gasteiger partial charge is 0.221 e. The van der Waals surface area contributed by atoms with E-state index in [4.69, 9.17) is 21.1 Å². The van der Waals surface area contributed by atoms with Crippen LogP contribution < -0.4 is 9.64 Å². The maximum atomic E-state index is 5.82. The Kier molecular flexibility index (Phi) is 6.75. The van der Waals surface area contributed by atoms with Gasteiger partial charge in [0.1, 0.15) is 12.1 Å². The molecule has 0 saturated heterocycles. The molecule has 0 bridgehead atoms. The molecule has 0 N–H and O–H groups in total. The number of halogens is 1. The van der Waals surface area contributed by atoms with Gasteiger partial charge in [0.2, 0.25) is 5.88 Å². The molecule has 0 saturated carbocycles. The Labute approximate surface area is 113 Å². The lowest BCUT2D eigenvalue weighted by Crippen LogP contribution is -2.30. The van der Waals surface area contributed by atoms with Crippen LogP contribution in [-0.4, -0.2) is 49.3 Å². The largest absolute Gasteiger partial charge is 0.478 e. The predicted octanol–water partition coefficient (Wildman–Crippen LogP) is 1.88. The number of anilines is 1. The lowest BCUT2D eigenvalue weighted by atomic mass is 10.3. The van der Waals surface area contributed by atoms with E-state index in [1.165, 1.54) is 6.33 Å². The summed E-state index contributed by atoms with van der Waals surface area (Å²) in [5.74, 6) is 2.02. The summed E-state index contributed by atoms with van der Waals surface area (Å²) in [6.45, 7) is 6.56. The van der Waals surface area contributed by atoms with Gasteiger partial charge >= 0.3 is 0 Å². The van der Waals surface area contributed by atoms with Gasteiger partial charge in [-0.05, 0) is 13.8 Å².